The van der Waals surface area contributed by atoms with Gasteiger partial charge in [-0.15, -0.1) is 0 Å². The second-order valence-electron chi connectivity index (χ2n) is 6.11. The highest BCUT2D eigenvalue weighted by Crippen LogP contribution is 2.28. The maximum Gasteiger partial charge on any atom is 0.289 e. The van der Waals surface area contributed by atoms with Gasteiger partial charge in [0.25, 0.3) is 25.7 Å². The second kappa shape index (κ2) is 8.49. The number of nitro groups is 1. The molecular formula is C18H13ClFN3O6S2. The molecule has 0 unspecified atom stereocenters. The van der Waals surface area contributed by atoms with Crippen LogP contribution in [0.2, 0.25) is 5.02 Å². The average Bonchev–Trinajstić information content (AvgIpc) is 2.69. The van der Waals surface area contributed by atoms with E-state index in [0.29, 0.717) is 0 Å². The van der Waals surface area contributed by atoms with Crippen LogP contribution in [0.4, 0.5) is 21.5 Å². The standard InChI is InChI=1S/C18H13ClFN3O6S2/c19-17-10-9-16(11-18(17)23(24)25)31(28,29)22-14-5-3-13(4-6-14)21-30(26,27)15-7-1-12(20)2-8-15/h1-11,21-22H. The van der Waals surface area contributed by atoms with Crippen molar-refractivity contribution in [2.24, 2.45) is 0 Å². The fraction of sp³-hybridized carbons (Fsp3) is 0. The Bertz CT molecular complexity index is 1350. The Balaban J connectivity index is 1.78. The summed E-state index contributed by atoms with van der Waals surface area (Å²) < 4.78 is 67.1. The molecule has 0 aliphatic heterocycles. The third kappa shape index (κ3) is 5.29. The first-order valence-electron chi connectivity index (χ1n) is 8.33. The summed E-state index contributed by atoms with van der Waals surface area (Å²) in [7, 11) is -8.14. The zero-order valence-electron chi connectivity index (χ0n) is 15.3. The van der Waals surface area contributed by atoms with Gasteiger partial charge < -0.3 is 0 Å². The molecule has 13 heteroatoms. The van der Waals surface area contributed by atoms with E-state index in [1.54, 1.807) is 0 Å². The first-order chi connectivity index (χ1) is 14.5. The molecule has 0 bridgehead atoms. The quantitative estimate of drug-likeness (QED) is 0.383. The number of nitro benzene ring substituents is 1. The molecule has 0 atom stereocenters. The molecule has 0 fully saturated rings. The van der Waals surface area contributed by atoms with E-state index in [-0.39, 0.29) is 26.2 Å². The molecule has 0 saturated heterocycles. The molecule has 162 valence electrons. The van der Waals surface area contributed by atoms with Crippen molar-refractivity contribution in [1.82, 2.24) is 0 Å². The van der Waals surface area contributed by atoms with Gasteiger partial charge in [0, 0.05) is 17.4 Å². The second-order valence-corrected chi connectivity index (χ2v) is 9.88. The van der Waals surface area contributed by atoms with Crippen molar-refractivity contribution >= 4 is 48.7 Å². The van der Waals surface area contributed by atoms with E-state index in [4.69, 9.17) is 11.6 Å². The number of sulfonamides is 2. The number of rotatable bonds is 7. The van der Waals surface area contributed by atoms with Gasteiger partial charge in [-0.05, 0) is 60.7 Å². The Morgan fingerprint density at radius 2 is 1.23 bits per heavy atom. The summed E-state index contributed by atoms with van der Waals surface area (Å²) >= 11 is 5.69. The third-order valence-corrected chi connectivity index (χ3v) is 7.03. The van der Waals surface area contributed by atoms with Gasteiger partial charge in [-0.1, -0.05) is 11.6 Å². The number of hydrogen-bond donors (Lipinski definition) is 2. The van der Waals surface area contributed by atoms with Crippen LogP contribution in [0.25, 0.3) is 0 Å². The molecule has 0 aromatic heterocycles. The monoisotopic (exact) mass is 485 g/mol. The summed E-state index contributed by atoms with van der Waals surface area (Å²) in [6.07, 6.45) is 0. The van der Waals surface area contributed by atoms with E-state index in [9.17, 15) is 31.3 Å². The van der Waals surface area contributed by atoms with Crippen molar-refractivity contribution in [3.63, 3.8) is 0 Å². The number of anilines is 2. The Morgan fingerprint density at radius 1 is 0.774 bits per heavy atom. The summed E-state index contributed by atoms with van der Waals surface area (Å²) in [6, 6.07) is 12.5. The summed E-state index contributed by atoms with van der Waals surface area (Å²) in [4.78, 5) is 9.64. The van der Waals surface area contributed by atoms with Gasteiger partial charge in [-0.25, -0.2) is 21.2 Å². The van der Waals surface area contributed by atoms with E-state index in [1.807, 2.05) is 0 Å². The van der Waals surface area contributed by atoms with E-state index >= 15 is 0 Å². The number of halogens is 2. The normalized spacial score (nSPS) is 11.7. The molecule has 0 heterocycles. The van der Waals surface area contributed by atoms with Crippen LogP contribution in [0, 0.1) is 15.9 Å². The number of nitrogens with zero attached hydrogens (tertiary/aromatic N) is 1. The lowest BCUT2D eigenvalue weighted by Crippen LogP contribution is -2.14. The van der Waals surface area contributed by atoms with Crippen LogP contribution in [-0.4, -0.2) is 21.8 Å². The maximum absolute atomic E-state index is 13.0. The largest absolute Gasteiger partial charge is 0.289 e. The zero-order valence-corrected chi connectivity index (χ0v) is 17.7. The van der Waals surface area contributed by atoms with Crippen LogP contribution in [0.1, 0.15) is 0 Å². The molecular weight excluding hydrogens is 473 g/mol. The molecule has 3 rings (SSSR count). The lowest BCUT2D eigenvalue weighted by molar-refractivity contribution is -0.384. The lowest BCUT2D eigenvalue weighted by atomic mass is 10.3. The van der Waals surface area contributed by atoms with E-state index < -0.39 is 36.5 Å². The molecule has 3 aromatic rings. The van der Waals surface area contributed by atoms with Crippen LogP contribution >= 0.6 is 11.6 Å². The number of benzene rings is 3. The summed E-state index contributed by atoms with van der Waals surface area (Å²) in [5, 5.41) is 10.8. The molecule has 0 aliphatic carbocycles. The summed E-state index contributed by atoms with van der Waals surface area (Å²) in [5.41, 5.74) is -0.341. The van der Waals surface area contributed by atoms with Gasteiger partial charge in [0.15, 0.2) is 0 Å². The van der Waals surface area contributed by atoms with Crippen LogP contribution < -0.4 is 9.44 Å². The van der Waals surface area contributed by atoms with Crippen molar-refractivity contribution in [3.05, 3.63) is 87.7 Å². The van der Waals surface area contributed by atoms with E-state index in [0.717, 1.165) is 42.5 Å². The van der Waals surface area contributed by atoms with Gasteiger partial charge in [0.05, 0.1) is 14.7 Å². The van der Waals surface area contributed by atoms with Gasteiger partial charge in [0.2, 0.25) is 0 Å². The Morgan fingerprint density at radius 3 is 1.71 bits per heavy atom. The Labute approximate surface area is 181 Å². The molecule has 31 heavy (non-hydrogen) atoms. The van der Waals surface area contributed by atoms with Crippen LogP contribution in [0.3, 0.4) is 0 Å². The molecule has 0 saturated carbocycles. The fourth-order valence-corrected chi connectivity index (χ4v) is 4.77. The third-order valence-electron chi connectivity index (χ3n) is 3.94. The highest BCUT2D eigenvalue weighted by atomic mass is 35.5. The van der Waals surface area contributed by atoms with Gasteiger partial charge >= 0.3 is 0 Å². The van der Waals surface area contributed by atoms with E-state index in [2.05, 4.69) is 9.44 Å². The topological polar surface area (TPSA) is 135 Å². The predicted octanol–water partition coefficient (Wildman–Crippen LogP) is 3.99. The predicted molar refractivity (Wildman–Crippen MR) is 113 cm³/mol. The van der Waals surface area contributed by atoms with Crippen LogP contribution in [0.5, 0.6) is 0 Å². The molecule has 2 N–H and O–H groups in total. The van der Waals surface area contributed by atoms with Crippen molar-refractivity contribution in [3.8, 4) is 0 Å². The Kier molecular flexibility index (Phi) is 6.15. The van der Waals surface area contributed by atoms with Crippen molar-refractivity contribution in [1.29, 1.82) is 0 Å². The Hall–Kier alpha value is -3.22. The van der Waals surface area contributed by atoms with Crippen molar-refractivity contribution < 1.29 is 26.1 Å². The minimum atomic E-state index is -4.17. The first-order valence-corrected chi connectivity index (χ1v) is 11.7. The molecule has 0 radical (unpaired) electrons. The smallest absolute Gasteiger partial charge is 0.280 e. The number of hydrogen-bond acceptors (Lipinski definition) is 6. The molecule has 0 spiro atoms. The number of nitrogens with one attached hydrogen (secondary N) is 2. The molecule has 3 aromatic carbocycles. The van der Waals surface area contributed by atoms with Crippen molar-refractivity contribution in [2.75, 3.05) is 9.44 Å². The highest BCUT2D eigenvalue weighted by Gasteiger charge is 2.21. The zero-order chi connectivity index (χ0) is 22.8. The molecule has 0 amide bonds. The van der Waals surface area contributed by atoms with Crippen molar-refractivity contribution in [2.45, 2.75) is 9.79 Å². The van der Waals surface area contributed by atoms with Crippen LogP contribution in [-0.2, 0) is 20.0 Å². The van der Waals surface area contributed by atoms with Gasteiger partial charge in [0.1, 0.15) is 10.8 Å². The fourth-order valence-electron chi connectivity index (χ4n) is 2.45. The average molecular weight is 486 g/mol. The van der Waals surface area contributed by atoms with Gasteiger partial charge in [-0.2, -0.15) is 0 Å². The SMILES string of the molecule is O=[N+]([O-])c1cc(S(=O)(=O)Nc2ccc(NS(=O)(=O)c3ccc(F)cc3)cc2)ccc1Cl. The highest BCUT2D eigenvalue weighted by molar-refractivity contribution is 7.93. The first kappa shape index (κ1) is 22.5. The summed E-state index contributed by atoms with van der Waals surface area (Å²) in [6.45, 7) is 0. The minimum Gasteiger partial charge on any atom is -0.280 e. The summed E-state index contributed by atoms with van der Waals surface area (Å²) in [5.74, 6) is -0.582. The maximum atomic E-state index is 13.0. The lowest BCUT2D eigenvalue weighted by Gasteiger charge is -2.11. The van der Waals surface area contributed by atoms with Gasteiger partial charge in [-0.3, -0.25) is 19.6 Å². The molecule has 0 aliphatic rings. The van der Waals surface area contributed by atoms with Crippen LogP contribution in [0.15, 0.2) is 76.5 Å². The molecule has 9 nitrogen and oxygen atoms in total. The minimum absolute atomic E-state index is 0.0855. The van der Waals surface area contributed by atoms with E-state index in [1.165, 1.54) is 24.3 Å².